The number of aromatic nitrogens is 2. The molecule has 0 atom stereocenters. The second-order valence-electron chi connectivity index (χ2n) is 5.89. The average molecular weight is 347 g/mol. The van der Waals surface area contributed by atoms with Crippen LogP contribution in [0.15, 0.2) is 61.1 Å². The first kappa shape index (κ1) is 17.6. The number of aryl methyl sites for hydroxylation is 1. The maximum Gasteiger partial charge on any atom is 0.244 e. The molecule has 1 N–H and O–H groups in total. The molecule has 5 nitrogen and oxygen atoms in total. The van der Waals surface area contributed by atoms with Gasteiger partial charge in [0.2, 0.25) is 5.91 Å². The van der Waals surface area contributed by atoms with E-state index in [1.807, 2.05) is 43.3 Å². The van der Waals surface area contributed by atoms with Gasteiger partial charge in [0.25, 0.3) is 0 Å². The van der Waals surface area contributed by atoms with Crippen molar-refractivity contribution >= 4 is 22.9 Å². The molecule has 0 aliphatic carbocycles. The highest BCUT2D eigenvalue weighted by atomic mass is 16.5. The molecule has 0 aliphatic heterocycles. The molecule has 5 heteroatoms. The van der Waals surface area contributed by atoms with E-state index >= 15 is 0 Å². The highest BCUT2D eigenvalue weighted by molar-refractivity contribution is 5.91. The third kappa shape index (κ3) is 4.66. The third-order valence-corrected chi connectivity index (χ3v) is 3.97. The Kier molecular flexibility index (Phi) is 5.93. The Morgan fingerprint density at radius 3 is 2.96 bits per heavy atom. The first-order valence-corrected chi connectivity index (χ1v) is 8.57. The van der Waals surface area contributed by atoms with Gasteiger partial charge in [0.1, 0.15) is 11.3 Å². The van der Waals surface area contributed by atoms with Crippen LogP contribution in [0.2, 0.25) is 0 Å². The largest absolute Gasteiger partial charge is 0.491 e. The molecule has 3 rings (SSSR count). The zero-order valence-electron chi connectivity index (χ0n) is 14.7. The quantitative estimate of drug-likeness (QED) is 0.524. The van der Waals surface area contributed by atoms with Crippen molar-refractivity contribution in [1.29, 1.82) is 0 Å². The molecule has 1 amide bonds. The van der Waals surface area contributed by atoms with Gasteiger partial charge in [-0.1, -0.05) is 18.2 Å². The van der Waals surface area contributed by atoms with E-state index in [2.05, 4.69) is 15.3 Å². The summed E-state index contributed by atoms with van der Waals surface area (Å²) in [6, 6.07) is 11.7. The second-order valence-corrected chi connectivity index (χ2v) is 5.89. The van der Waals surface area contributed by atoms with Crippen molar-refractivity contribution in [2.45, 2.75) is 13.3 Å². The van der Waals surface area contributed by atoms with Crippen LogP contribution in [0.25, 0.3) is 17.0 Å². The standard InChI is InChI=1S/C21H21N3O2/c1-16-10-13-22-15-18(16)8-9-20(25)23-12-4-14-26-19-7-2-5-17-6-3-11-24-21(17)19/h2-3,5-11,13,15H,4,12,14H2,1H3,(H,23,25)/b9-8+. The average Bonchev–Trinajstić information content (AvgIpc) is 2.67. The number of hydrogen-bond acceptors (Lipinski definition) is 4. The van der Waals surface area contributed by atoms with Crippen molar-refractivity contribution in [1.82, 2.24) is 15.3 Å². The molecule has 0 unspecified atom stereocenters. The molecular formula is C21H21N3O2. The highest BCUT2D eigenvalue weighted by Gasteiger charge is 2.02. The molecule has 132 valence electrons. The number of benzene rings is 1. The maximum absolute atomic E-state index is 11.9. The Bertz CT molecular complexity index is 917. The fourth-order valence-electron chi connectivity index (χ4n) is 2.53. The number of hydrogen-bond donors (Lipinski definition) is 1. The molecule has 0 fully saturated rings. The van der Waals surface area contributed by atoms with Crippen LogP contribution in [-0.4, -0.2) is 29.0 Å². The summed E-state index contributed by atoms with van der Waals surface area (Å²) in [5.41, 5.74) is 2.88. The number of ether oxygens (including phenoxy) is 1. The summed E-state index contributed by atoms with van der Waals surface area (Å²) < 4.78 is 5.81. The van der Waals surface area contributed by atoms with Gasteiger partial charge in [-0.15, -0.1) is 0 Å². The van der Waals surface area contributed by atoms with E-state index in [0.29, 0.717) is 19.6 Å². The number of para-hydroxylation sites is 1. The molecule has 26 heavy (non-hydrogen) atoms. The summed E-state index contributed by atoms with van der Waals surface area (Å²) in [5.74, 6) is 0.640. The maximum atomic E-state index is 11.9. The number of nitrogens with zero attached hydrogens (tertiary/aromatic N) is 2. The molecule has 1 aromatic carbocycles. The molecule has 0 radical (unpaired) electrons. The molecule has 0 aliphatic rings. The topological polar surface area (TPSA) is 64.1 Å². The summed E-state index contributed by atoms with van der Waals surface area (Å²) in [7, 11) is 0. The van der Waals surface area contributed by atoms with Crippen LogP contribution in [-0.2, 0) is 4.79 Å². The minimum Gasteiger partial charge on any atom is -0.491 e. The summed E-state index contributed by atoms with van der Waals surface area (Å²) in [4.78, 5) is 20.3. The lowest BCUT2D eigenvalue weighted by atomic mass is 10.1. The van der Waals surface area contributed by atoms with Gasteiger partial charge >= 0.3 is 0 Å². The zero-order valence-corrected chi connectivity index (χ0v) is 14.7. The monoisotopic (exact) mass is 347 g/mol. The van der Waals surface area contributed by atoms with E-state index in [4.69, 9.17) is 4.74 Å². The lowest BCUT2D eigenvalue weighted by molar-refractivity contribution is -0.116. The van der Waals surface area contributed by atoms with Crippen molar-refractivity contribution in [2.75, 3.05) is 13.2 Å². The minimum atomic E-state index is -0.125. The fraction of sp³-hybridized carbons (Fsp3) is 0.190. The number of nitrogens with one attached hydrogen (secondary N) is 1. The van der Waals surface area contributed by atoms with Gasteiger partial charge < -0.3 is 10.1 Å². The Morgan fingerprint density at radius 1 is 1.19 bits per heavy atom. The molecule has 0 bridgehead atoms. The van der Waals surface area contributed by atoms with Gasteiger partial charge in [-0.2, -0.15) is 0 Å². The summed E-state index contributed by atoms with van der Waals surface area (Å²) >= 11 is 0. The molecule has 3 aromatic rings. The summed E-state index contributed by atoms with van der Waals surface area (Å²) in [6.45, 7) is 3.05. The van der Waals surface area contributed by atoms with Crippen LogP contribution in [0.3, 0.4) is 0 Å². The van der Waals surface area contributed by atoms with Gasteiger partial charge in [0.15, 0.2) is 0 Å². The Labute approximate surface area is 152 Å². The lowest BCUT2D eigenvalue weighted by Gasteiger charge is -2.08. The Balaban J connectivity index is 1.43. The molecule has 2 heterocycles. The predicted octanol–water partition coefficient (Wildman–Crippen LogP) is 3.54. The van der Waals surface area contributed by atoms with Crippen molar-refractivity contribution in [3.05, 3.63) is 72.2 Å². The van der Waals surface area contributed by atoms with Crippen LogP contribution >= 0.6 is 0 Å². The van der Waals surface area contributed by atoms with E-state index in [1.54, 1.807) is 24.7 Å². The van der Waals surface area contributed by atoms with Crippen molar-refractivity contribution in [2.24, 2.45) is 0 Å². The van der Waals surface area contributed by atoms with E-state index in [9.17, 15) is 4.79 Å². The van der Waals surface area contributed by atoms with Crippen LogP contribution in [0.5, 0.6) is 5.75 Å². The predicted molar refractivity (Wildman–Crippen MR) is 103 cm³/mol. The lowest BCUT2D eigenvalue weighted by Crippen LogP contribution is -2.23. The molecule has 0 saturated carbocycles. The third-order valence-electron chi connectivity index (χ3n) is 3.97. The SMILES string of the molecule is Cc1ccncc1/C=C/C(=O)NCCCOc1cccc2cccnc12. The van der Waals surface area contributed by atoms with Gasteiger partial charge in [-0.05, 0) is 48.7 Å². The number of carbonyl (C=O) groups is 1. The molecule has 0 spiro atoms. The van der Waals surface area contributed by atoms with E-state index in [1.165, 1.54) is 6.08 Å². The molecule has 0 saturated heterocycles. The second kappa shape index (κ2) is 8.76. The normalized spacial score (nSPS) is 11.0. The molecule has 2 aromatic heterocycles. The summed E-state index contributed by atoms with van der Waals surface area (Å²) in [6.07, 6.45) is 9.25. The first-order chi connectivity index (χ1) is 12.7. The fourth-order valence-corrected chi connectivity index (χ4v) is 2.53. The van der Waals surface area contributed by atoms with Crippen molar-refractivity contribution < 1.29 is 9.53 Å². The summed E-state index contributed by atoms with van der Waals surface area (Å²) in [5, 5.41) is 3.90. The van der Waals surface area contributed by atoms with Crippen LogP contribution < -0.4 is 10.1 Å². The van der Waals surface area contributed by atoms with Gasteiger partial charge in [-0.3, -0.25) is 14.8 Å². The number of amides is 1. The number of fused-ring (bicyclic) bond motifs is 1. The van der Waals surface area contributed by atoms with E-state index < -0.39 is 0 Å². The first-order valence-electron chi connectivity index (χ1n) is 8.57. The van der Waals surface area contributed by atoms with E-state index in [0.717, 1.165) is 27.8 Å². The zero-order chi connectivity index (χ0) is 18.2. The van der Waals surface area contributed by atoms with Gasteiger partial charge in [-0.25, -0.2) is 0 Å². The van der Waals surface area contributed by atoms with Crippen LogP contribution in [0, 0.1) is 6.92 Å². The van der Waals surface area contributed by atoms with Crippen LogP contribution in [0.4, 0.5) is 0 Å². The van der Waals surface area contributed by atoms with Gasteiger partial charge in [0.05, 0.1) is 6.61 Å². The minimum absolute atomic E-state index is 0.125. The van der Waals surface area contributed by atoms with Crippen molar-refractivity contribution in [3.63, 3.8) is 0 Å². The number of carbonyl (C=O) groups excluding carboxylic acids is 1. The van der Waals surface area contributed by atoms with Gasteiger partial charge in [0, 0.05) is 36.6 Å². The molecular weight excluding hydrogens is 326 g/mol. The smallest absolute Gasteiger partial charge is 0.244 e. The Morgan fingerprint density at radius 2 is 2.08 bits per heavy atom. The highest BCUT2D eigenvalue weighted by Crippen LogP contribution is 2.22. The number of rotatable bonds is 7. The Hall–Kier alpha value is -3.21. The van der Waals surface area contributed by atoms with Crippen molar-refractivity contribution in [3.8, 4) is 5.75 Å². The number of pyridine rings is 2. The van der Waals surface area contributed by atoms with Crippen LogP contribution in [0.1, 0.15) is 17.5 Å². The van der Waals surface area contributed by atoms with E-state index in [-0.39, 0.29) is 5.91 Å².